The summed E-state index contributed by atoms with van der Waals surface area (Å²) in [6, 6.07) is 7.72. The second-order valence-corrected chi connectivity index (χ2v) is 10.7. The minimum Gasteiger partial charge on any atom is -0.383 e. The third-order valence-electron chi connectivity index (χ3n) is 5.60. The Bertz CT molecular complexity index is 1170. The van der Waals surface area contributed by atoms with Crippen molar-refractivity contribution in [2.75, 3.05) is 38.3 Å². The first-order valence-electron chi connectivity index (χ1n) is 10.4. The Morgan fingerprint density at radius 3 is 2.81 bits per heavy atom. The van der Waals surface area contributed by atoms with Crippen molar-refractivity contribution in [2.24, 2.45) is 5.92 Å². The van der Waals surface area contributed by atoms with E-state index in [4.69, 9.17) is 9.26 Å². The van der Waals surface area contributed by atoms with Gasteiger partial charge in [0.25, 0.3) is 0 Å². The van der Waals surface area contributed by atoms with Crippen LogP contribution in [-0.4, -0.2) is 62.1 Å². The molecular formula is C21H26N4O5S2. The molecule has 3 aromatic rings. The third kappa shape index (κ3) is 4.29. The molecule has 1 fully saturated rings. The van der Waals surface area contributed by atoms with Gasteiger partial charge in [-0.05, 0) is 38.8 Å². The van der Waals surface area contributed by atoms with Gasteiger partial charge in [0.2, 0.25) is 15.9 Å². The number of aromatic nitrogens is 2. The van der Waals surface area contributed by atoms with Crippen LogP contribution in [0.5, 0.6) is 0 Å². The summed E-state index contributed by atoms with van der Waals surface area (Å²) in [6.45, 7) is 4.36. The molecule has 1 unspecified atom stereocenters. The highest BCUT2D eigenvalue weighted by Gasteiger charge is 2.38. The van der Waals surface area contributed by atoms with E-state index in [2.05, 4.69) is 10.1 Å². The van der Waals surface area contributed by atoms with Crippen molar-refractivity contribution in [3.63, 3.8) is 0 Å². The van der Waals surface area contributed by atoms with Crippen LogP contribution in [0.4, 0.5) is 5.13 Å². The second-order valence-electron chi connectivity index (χ2n) is 7.80. The first kappa shape index (κ1) is 22.8. The number of ether oxygens (including phenoxy) is 1. The minimum atomic E-state index is -3.81. The van der Waals surface area contributed by atoms with Gasteiger partial charge in [0.05, 0.1) is 29.3 Å². The smallest absolute Gasteiger partial charge is 0.248 e. The first-order chi connectivity index (χ1) is 15.3. The normalized spacial score (nSPS) is 17.7. The van der Waals surface area contributed by atoms with E-state index in [0.29, 0.717) is 43.4 Å². The average Bonchev–Trinajstić information content (AvgIpc) is 3.36. The van der Waals surface area contributed by atoms with E-state index in [-0.39, 0.29) is 23.1 Å². The van der Waals surface area contributed by atoms with Crippen molar-refractivity contribution >= 4 is 42.6 Å². The highest BCUT2D eigenvalue weighted by Crippen LogP contribution is 2.32. The number of methoxy groups -OCH3 is 1. The summed E-state index contributed by atoms with van der Waals surface area (Å²) < 4.78 is 39.2. The van der Waals surface area contributed by atoms with Crippen LogP contribution in [0.25, 0.3) is 10.2 Å². The summed E-state index contributed by atoms with van der Waals surface area (Å²) in [7, 11) is -2.22. The van der Waals surface area contributed by atoms with Crippen molar-refractivity contribution in [1.82, 2.24) is 14.4 Å². The first-order valence-corrected chi connectivity index (χ1v) is 12.7. The molecule has 0 bridgehead atoms. The Kier molecular flexibility index (Phi) is 6.61. The SMILES string of the molecule is COCCN(C(=O)C1CCCN(S(=O)(=O)c2c(C)noc2C)C1)c1nc2ccccc2s1. The number of hydrogen-bond donors (Lipinski definition) is 0. The van der Waals surface area contributed by atoms with Gasteiger partial charge >= 0.3 is 0 Å². The molecule has 32 heavy (non-hydrogen) atoms. The molecule has 11 heteroatoms. The number of rotatable bonds is 7. The monoisotopic (exact) mass is 478 g/mol. The topological polar surface area (TPSA) is 106 Å². The number of nitrogens with zero attached hydrogens (tertiary/aromatic N) is 4. The van der Waals surface area contributed by atoms with Crippen LogP contribution in [-0.2, 0) is 19.6 Å². The van der Waals surface area contributed by atoms with Gasteiger partial charge in [-0.25, -0.2) is 13.4 Å². The zero-order valence-electron chi connectivity index (χ0n) is 18.3. The number of fused-ring (bicyclic) bond motifs is 1. The fourth-order valence-corrected chi connectivity index (χ4v) is 6.82. The van der Waals surface area contributed by atoms with Crippen molar-refractivity contribution in [3.05, 3.63) is 35.7 Å². The van der Waals surface area contributed by atoms with Crippen LogP contribution in [0.1, 0.15) is 24.3 Å². The van der Waals surface area contributed by atoms with Crippen LogP contribution in [0.15, 0.2) is 33.7 Å². The predicted molar refractivity (Wildman–Crippen MR) is 121 cm³/mol. The van der Waals surface area contributed by atoms with Crippen molar-refractivity contribution in [3.8, 4) is 0 Å². The fraction of sp³-hybridized carbons (Fsp3) is 0.476. The lowest BCUT2D eigenvalue weighted by Gasteiger charge is -2.33. The van der Waals surface area contributed by atoms with Gasteiger partial charge < -0.3 is 9.26 Å². The number of aryl methyl sites for hydroxylation is 2. The lowest BCUT2D eigenvalue weighted by Crippen LogP contribution is -2.47. The van der Waals surface area contributed by atoms with E-state index in [0.717, 1.165) is 10.2 Å². The lowest BCUT2D eigenvalue weighted by atomic mass is 9.98. The number of hydrogen-bond acceptors (Lipinski definition) is 8. The van der Waals surface area contributed by atoms with Crippen molar-refractivity contribution in [1.29, 1.82) is 0 Å². The van der Waals surface area contributed by atoms with Crippen LogP contribution < -0.4 is 4.90 Å². The van der Waals surface area contributed by atoms with Crippen LogP contribution >= 0.6 is 11.3 Å². The minimum absolute atomic E-state index is 0.0908. The second kappa shape index (κ2) is 9.26. The Morgan fingerprint density at radius 1 is 1.34 bits per heavy atom. The molecule has 3 heterocycles. The third-order valence-corrected chi connectivity index (χ3v) is 8.77. The number of thiazole rings is 1. The Morgan fingerprint density at radius 2 is 2.12 bits per heavy atom. The molecule has 4 rings (SSSR count). The summed E-state index contributed by atoms with van der Waals surface area (Å²) in [5.41, 5.74) is 1.15. The van der Waals surface area contributed by atoms with Gasteiger partial charge in [0, 0.05) is 20.2 Å². The van der Waals surface area contributed by atoms with Gasteiger partial charge in [-0.3, -0.25) is 9.69 Å². The molecule has 1 aromatic carbocycles. The molecule has 0 aliphatic carbocycles. The number of anilines is 1. The molecule has 1 aliphatic rings. The van der Waals surface area contributed by atoms with Crippen molar-refractivity contribution < 1.29 is 22.5 Å². The van der Waals surface area contributed by atoms with Gasteiger partial charge in [0.15, 0.2) is 10.9 Å². The number of piperidine rings is 1. The average molecular weight is 479 g/mol. The molecule has 9 nitrogen and oxygen atoms in total. The van der Waals surface area contributed by atoms with E-state index >= 15 is 0 Å². The molecule has 2 aromatic heterocycles. The zero-order valence-corrected chi connectivity index (χ0v) is 19.9. The largest absolute Gasteiger partial charge is 0.383 e. The summed E-state index contributed by atoms with van der Waals surface area (Å²) in [5, 5.41) is 4.37. The number of sulfonamides is 1. The fourth-order valence-electron chi connectivity index (χ4n) is 4.01. The quantitative estimate of drug-likeness (QED) is 0.514. The molecule has 1 amide bonds. The number of carbonyl (C=O) groups excluding carboxylic acids is 1. The van der Waals surface area contributed by atoms with Crippen LogP contribution in [0, 0.1) is 19.8 Å². The standard InChI is InChI=1S/C21H26N4O5S2/c1-14-19(15(2)30-23-14)32(27,28)24-10-6-7-16(13-24)20(26)25(11-12-29-3)21-22-17-8-4-5-9-18(17)31-21/h4-5,8-9,16H,6-7,10-13H2,1-3H3. The molecule has 1 saturated heterocycles. The maximum absolute atomic E-state index is 13.6. The maximum Gasteiger partial charge on any atom is 0.248 e. The maximum atomic E-state index is 13.6. The zero-order chi connectivity index (χ0) is 22.9. The summed E-state index contributed by atoms with van der Waals surface area (Å²) in [6.07, 6.45) is 1.21. The van der Waals surface area contributed by atoms with Gasteiger partial charge in [-0.2, -0.15) is 4.31 Å². The van der Waals surface area contributed by atoms with E-state index in [1.807, 2.05) is 24.3 Å². The molecule has 1 aliphatic heterocycles. The molecule has 1 atom stereocenters. The van der Waals surface area contributed by atoms with Gasteiger partial charge in [0.1, 0.15) is 10.6 Å². The van der Waals surface area contributed by atoms with Crippen LogP contribution in [0.3, 0.4) is 0 Å². The molecule has 0 saturated carbocycles. The Hall–Kier alpha value is -2.34. The highest BCUT2D eigenvalue weighted by atomic mass is 32.2. The predicted octanol–water partition coefficient (Wildman–Crippen LogP) is 2.98. The number of benzene rings is 1. The number of carbonyl (C=O) groups is 1. The molecule has 172 valence electrons. The number of amides is 1. The highest BCUT2D eigenvalue weighted by molar-refractivity contribution is 7.89. The summed E-state index contributed by atoms with van der Waals surface area (Å²) in [5.74, 6) is -0.352. The Balaban J connectivity index is 1.60. The summed E-state index contributed by atoms with van der Waals surface area (Å²) >= 11 is 1.44. The summed E-state index contributed by atoms with van der Waals surface area (Å²) in [4.78, 5) is 19.9. The van der Waals surface area contributed by atoms with E-state index in [1.54, 1.807) is 25.9 Å². The number of para-hydroxylation sites is 1. The van der Waals surface area contributed by atoms with Gasteiger partial charge in [-0.15, -0.1) is 0 Å². The lowest BCUT2D eigenvalue weighted by molar-refractivity contribution is -0.123. The van der Waals surface area contributed by atoms with E-state index in [9.17, 15) is 13.2 Å². The van der Waals surface area contributed by atoms with Crippen molar-refractivity contribution in [2.45, 2.75) is 31.6 Å². The Labute approximate surface area is 191 Å². The van der Waals surface area contributed by atoms with E-state index in [1.165, 1.54) is 15.6 Å². The molecule has 0 spiro atoms. The van der Waals surface area contributed by atoms with E-state index < -0.39 is 15.9 Å². The van der Waals surface area contributed by atoms with Crippen LogP contribution in [0.2, 0.25) is 0 Å². The van der Waals surface area contributed by atoms with Gasteiger partial charge in [-0.1, -0.05) is 28.6 Å². The molecule has 0 N–H and O–H groups in total. The molecule has 0 radical (unpaired) electrons. The molecular weight excluding hydrogens is 452 g/mol.